The lowest BCUT2D eigenvalue weighted by atomic mass is 10.2. The van der Waals surface area contributed by atoms with Crippen molar-refractivity contribution in [1.29, 1.82) is 0 Å². The van der Waals surface area contributed by atoms with Crippen molar-refractivity contribution in [3.05, 3.63) is 46.6 Å². The minimum Gasteiger partial charge on any atom is -0.507 e. The van der Waals surface area contributed by atoms with Crippen molar-refractivity contribution in [1.82, 2.24) is 0 Å². The number of hydrogen-bond acceptors (Lipinski definition) is 4. The van der Waals surface area contributed by atoms with Gasteiger partial charge in [0.05, 0.1) is 5.00 Å². The van der Waals surface area contributed by atoms with Gasteiger partial charge in [-0.3, -0.25) is 4.79 Å². The molecule has 7 heteroatoms. The minimum atomic E-state index is -1.11. The van der Waals surface area contributed by atoms with E-state index in [0.29, 0.717) is 0 Å². The summed E-state index contributed by atoms with van der Waals surface area (Å²) in [7, 11) is 0. The molecule has 2 aromatic rings. The zero-order valence-electron chi connectivity index (χ0n) is 9.38. The van der Waals surface area contributed by atoms with Gasteiger partial charge in [-0.1, -0.05) is 6.07 Å². The second kappa shape index (κ2) is 5.07. The molecule has 0 radical (unpaired) electrons. The monoisotopic (exact) mass is 281 g/mol. The average molecular weight is 281 g/mol. The molecule has 0 bridgehead atoms. The third kappa shape index (κ3) is 2.71. The van der Waals surface area contributed by atoms with E-state index in [0.717, 1.165) is 17.4 Å². The molecule has 0 saturated heterocycles. The van der Waals surface area contributed by atoms with Gasteiger partial charge >= 0.3 is 5.97 Å². The number of aromatic carboxylic acids is 1. The van der Waals surface area contributed by atoms with Crippen LogP contribution < -0.4 is 5.32 Å². The first kappa shape index (κ1) is 13.0. The van der Waals surface area contributed by atoms with E-state index in [9.17, 15) is 19.1 Å². The van der Waals surface area contributed by atoms with E-state index >= 15 is 0 Å². The Hall–Kier alpha value is -2.41. The molecule has 1 heterocycles. The Bertz CT molecular complexity index is 633. The van der Waals surface area contributed by atoms with Crippen molar-refractivity contribution in [2.75, 3.05) is 5.32 Å². The van der Waals surface area contributed by atoms with Crippen molar-refractivity contribution in [3.8, 4) is 5.75 Å². The molecule has 0 aliphatic heterocycles. The van der Waals surface area contributed by atoms with Crippen molar-refractivity contribution in [2.45, 2.75) is 0 Å². The van der Waals surface area contributed by atoms with Crippen LogP contribution in [0.1, 0.15) is 20.0 Å². The number of anilines is 1. The van der Waals surface area contributed by atoms with Crippen LogP contribution in [-0.4, -0.2) is 22.1 Å². The van der Waals surface area contributed by atoms with Gasteiger partial charge in [0.15, 0.2) is 0 Å². The van der Waals surface area contributed by atoms with Crippen LogP contribution in [0.5, 0.6) is 5.75 Å². The molecule has 0 spiro atoms. The van der Waals surface area contributed by atoms with Crippen LogP contribution in [-0.2, 0) is 0 Å². The standard InChI is InChI=1S/C12H8FNO4S/c13-6-2-1-3-7(15)10(6)11(16)14-9-5-4-8(19-9)12(17)18/h1-5,15H,(H,14,16)(H,17,18). The zero-order chi connectivity index (χ0) is 14.0. The molecule has 0 fully saturated rings. The number of amides is 1. The number of carbonyl (C=O) groups is 2. The lowest BCUT2D eigenvalue weighted by molar-refractivity contribution is 0.0702. The first-order valence-electron chi connectivity index (χ1n) is 5.11. The van der Waals surface area contributed by atoms with Gasteiger partial charge in [0.2, 0.25) is 0 Å². The van der Waals surface area contributed by atoms with E-state index in [1.54, 1.807) is 0 Å². The van der Waals surface area contributed by atoms with Crippen LogP contribution in [0.2, 0.25) is 0 Å². The SMILES string of the molecule is O=C(O)c1ccc(NC(=O)c2c(O)cccc2F)s1. The van der Waals surface area contributed by atoms with Gasteiger partial charge in [-0.15, -0.1) is 11.3 Å². The highest BCUT2D eigenvalue weighted by atomic mass is 32.1. The number of carbonyl (C=O) groups excluding carboxylic acids is 1. The minimum absolute atomic E-state index is 0.0491. The highest BCUT2D eigenvalue weighted by Gasteiger charge is 2.17. The quantitative estimate of drug-likeness (QED) is 0.807. The number of hydrogen-bond donors (Lipinski definition) is 3. The van der Waals surface area contributed by atoms with Crippen molar-refractivity contribution >= 4 is 28.2 Å². The Kier molecular flexibility index (Phi) is 3.48. The summed E-state index contributed by atoms with van der Waals surface area (Å²) in [5.74, 6) is -3.28. The van der Waals surface area contributed by atoms with Gasteiger partial charge in [0, 0.05) is 0 Å². The first-order chi connectivity index (χ1) is 8.99. The summed E-state index contributed by atoms with van der Waals surface area (Å²) >= 11 is 0.840. The van der Waals surface area contributed by atoms with Crippen molar-refractivity contribution in [2.24, 2.45) is 0 Å². The number of carboxylic acid groups (broad SMARTS) is 1. The lowest BCUT2D eigenvalue weighted by Crippen LogP contribution is -2.13. The summed E-state index contributed by atoms with van der Waals surface area (Å²) < 4.78 is 13.4. The fraction of sp³-hybridized carbons (Fsp3) is 0. The number of rotatable bonds is 3. The summed E-state index contributed by atoms with van der Waals surface area (Å²) in [6, 6.07) is 6.23. The summed E-state index contributed by atoms with van der Waals surface area (Å²) in [6.45, 7) is 0. The number of benzene rings is 1. The predicted molar refractivity (Wildman–Crippen MR) is 67.3 cm³/mol. The molecule has 1 aromatic carbocycles. The van der Waals surface area contributed by atoms with E-state index in [1.807, 2.05) is 0 Å². The van der Waals surface area contributed by atoms with Crippen LogP contribution in [0.3, 0.4) is 0 Å². The van der Waals surface area contributed by atoms with Crippen LogP contribution in [0.25, 0.3) is 0 Å². The van der Waals surface area contributed by atoms with Gasteiger partial charge in [-0.05, 0) is 24.3 Å². The fourth-order valence-electron chi connectivity index (χ4n) is 1.43. The van der Waals surface area contributed by atoms with E-state index in [-0.39, 0.29) is 9.88 Å². The fourth-order valence-corrected chi connectivity index (χ4v) is 2.17. The summed E-state index contributed by atoms with van der Waals surface area (Å²) in [5, 5.41) is 20.8. The van der Waals surface area contributed by atoms with Gasteiger partial charge < -0.3 is 15.5 Å². The molecule has 2 rings (SSSR count). The van der Waals surface area contributed by atoms with Crippen LogP contribution in [0.4, 0.5) is 9.39 Å². The molecule has 0 aliphatic rings. The van der Waals surface area contributed by atoms with E-state index in [4.69, 9.17) is 5.11 Å². The Balaban J connectivity index is 2.23. The second-order valence-corrected chi connectivity index (χ2v) is 4.64. The molecule has 0 aliphatic carbocycles. The third-order valence-corrected chi connectivity index (χ3v) is 3.26. The highest BCUT2D eigenvalue weighted by molar-refractivity contribution is 7.18. The largest absolute Gasteiger partial charge is 0.507 e. The molecule has 98 valence electrons. The molecule has 5 nitrogen and oxygen atoms in total. The molecule has 3 N–H and O–H groups in total. The summed E-state index contributed by atoms with van der Waals surface area (Å²) in [4.78, 5) is 22.5. The Labute approximate surface area is 110 Å². The average Bonchev–Trinajstić information content (AvgIpc) is 2.77. The maximum atomic E-state index is 13.4. The van der Waals surface area contributed by atoms with E-state index in [2.05, 4.69) is 5.32 Å². The predicted octanol–water partition coefficient (Wildman–Crippen LogP) is 2.54. The van der Waals surface area contributed by atoms with E-state index in [1.165, 1.54) is 24.3 Å². The van der Waals surface area contributed by atoms with Crippen molar-refractivity contribution in [3.63, 3.8) is 0 Å². The number of carboxylic acids is 1. The molecule has 19 heavy (non-hydrogen) atoms. The van der Waals surface area contributed by atoms with Gasteiger partial charge in [0.1, 0.15) is 22.0 Å². The van der Waals surface area contributed by atoms with Crippen LogP contribution in [0.15, 0.2) is 30.3 Å². The summed E-state index contributed by atoms with van der Waals surface area (Å²) in [5.41, 5.74) is -0.479. The van der Waals surface area contributed by atoms with Gasteiger partial charge in [0.25, 0.3) is 5.91 Å². The normalized spacial score (nSPS) is 10.2. The maximum Gasteiger partial charge on any atom is 0.345 e. The summed E-state index contributed by atoms with van der Waals surface area (Å²) in [6.07, 6.45) is 0. The number of phenols is 1. The number of phenolic OH excluding ortho intramolecular Hbond substituents is 1. The first-order valence-corrected chi connectivity index (χ1v) is 5.92. The third-order valence-electron chi connectivity index (χ3n) is 2.27. The highest BCUT2D eigenvalue weighted by Crippen LogP contribution is 2.25. The number of nitrogens with one attached hydrogen (secondary N) is 1. The Morgan fingerprint density at radius 1 is 1.21 bits per heavy atom. The van der Waals surface area contributed by atoms with Crippen LogP contribution in [0, 0.1) is 5.82 Å². The molecular weight excluding hydrogens is 273 g/mol. The zero-order valence-corrected chi connectivity index (χ0v) is 10.2. The maximum absolute atomic E-state index is 13.4. The molecule has 1 amide bonds. The van der Waals surface area contributed by atoms with Gasteiger partial charge in [-0.2, -0.15) is 0 Å². The number of thiophene rings is 1. The van der Waals surface area contributed by atoms with Gasteiger partial charge in [-0.25, -0.2) is 9.18 Å². The number of aromatic hydroxyl groups is 1. The Morgan fingerprint density at radius 2 is 1.95 bits per heavy atom. The van der Waals surface area contributed by atoms with Crippen molar-refractivity contribution < 1.29 is 24.2 Å². The smallest absolute Gasteiger partial charge is 0.345 e. The number of halogens is 1. The Morgan fingerprint density at radius 3 is 2.53 bits per heavy atom. The lowest BCUT2D eigenvalue weighted by Gasteiger charge is -2.05. The second-order valence-electron chi connectivity index (χ2n) is 3.56. The topological polar surface area (TPSA) is 86.6 Å². The molecule has 0 atom stereocenters. The van der Waals surface area contributed by atoms with Crippen LogP contribution >= 0.6 is 11.3 Å². The molecule has 1 aromatic heterocycles. The van der Waals surface area contributed by atoms with E-state index < -0.39 is 29.0 Å². The molecule has 0 unspecified atom stereocenters. The molecular formula is C12H8FNO4S. The molecule has 0 saturated carbocycles.